The molecule has 0 aliphatic heterocycles. The minimum absolute atomic E-state index is 0.0361. The van der Waals surface area contributed by atoms with Crippen molar-refractivity contribution in [2.75, 3.05) is 7.11 Å². The number of nitrogens with zero attached hydrogens (tertiary/aromatic N) is 1. The van der Waals surface area contributed by atoms with E-state index >= 15 is 0 Å². The molecule has 0 heterocycles. The second kappa shape index (κ2) is 6.19. The number of aromatic carboxylic acids is 1. The second-order valence-corrected chi connectivity index (χ2v) is 4.70. The van der Waals surface area contributed by atoms with Gasteiger partial charge in [-0.15, -0.1) is 0 Å². The number of halogens is 3. The maximum Gasteiger partial charge on any atom is 0.416 e. The summed E-state index contributed by atoms with van der Waals surface area (Å²) in [7, 11) is 1.20. The molecule has 9 heteroatoms. The van der Waals surface area contributed by atoms with Crippen LogP contribution in [0.15, 0.2) is 36.4 Å². The number of carboxylic acid groups (broad SMARTS) is 1. The van der Waals surface area contributed by atoms with Gasteiger partial charge in [-0.3, -0.25) is 10.1 Å². The van der Waals surface area contributed by atoms with E-state index in [2.05, 4.69) is 0 Å². The molecule has 0 radical (unpaired) electrons. The summed E-state index contributed by atoms with van der Waals surface area (Å²) in [5.41, 5.74) is -2.29. The first-order valence-electron chi connectivity index (χ1n) is 6.42. The zero-order valence-corrected chi connectivity index (χ0v) is 12.1. The lowest BCUT2D eigenvalue weighted by Gasteiger charge is -2.14. The molecule has 0 amide bonds. The van der Waals surface area contributed by atoms with Gasteiger partial charge in [0.2, 0.25) is 0 Å². The highest BCUT2D eigenvalue weighted by molar-refractivity contribution is 5.97. The highest BCUT2D eigenvalue weighted by atomic mass is 19.4. The van der Waals surface area contributed by atoms with Gasteiger partial charge in [0.15, 0.2) is 0 Å². The fourth-order valence-corrected chi connectivity index (χ4v) is 2.15. The quantitative estimate of drug-likeness (QED) is 0.671. The van der Waals surface area contributed by atoms with Gasteiger partial charge in [0, 0.05) is 23.3 Å². The van der Waals surface area contributed by atoms with Crippen LogP contribution in [-0.4, -0.2) is 23.1 Å². The molecule has 0 aromatic heterocycles. The minimum Gasteiger partial charge on any atom is -0.496 e. The monoisotopic (exact) mass is 341 g/mol. The number of alkyl halides is 3. The molecular formula is C15H10F3NO5. The molecule has 0 bridgehead atoms. The average molecular weight is 341 g/mol. The third-order valence-electron chi connectivity index (χ3n) is 3.26. The van der Waals surface area contributed by atoms with E-state index < -0.39 is 28.3 Å². The summed E-state index contributed by atoms with van der Waals surface area (Å²) in [5.74, 6) is -1.47. The van der Waals surface area contributed by atoms with Gasteiger partial charge in [-0.25, -0.2) is 4.79 Å². The smallest absolute Gasteiger partial charge is 0.416 e. The Labute approximate surface area is 133 Å². The molecule has 0 aliphatic carbocycles. The molecule has 0 unspecified atom stereocenters. The van der Waals surface area contributed by atoms with E-state index in [1.54, 1.807) is 0 Å². The van der Waals surface area contributed by atoms with E-state index in [9.17, 15) is 33.2 Å². The third-order valence-corrected chi connectivity index (χ3v) is 3.26. The van der Waals surface area contributed by atoms with Gasteiger partial charge in [-0.2, -0.15) is 13.2 Å². The summed E-state index contributed by atoms with van der Waals surface area (Å²) in [4.78, 5) is 21.4. The lowest BCUT2D eigenvalue weighted by Crippen LogP contribution is -2.07. The van der Waals surface area contributed by atoms with Crippen molar-refractivity contribution in [3.05, 3.63) is 57.6 Å². The largest absolute Gasteiger partial charge is 0.496 e. The number of carboxylic acids is 1. The number of nitro groups is 1. The van der Waals surface area contributed by atoms with Crippen molar-refractivity contribution >= 4 is 11.7 Å². The van der Waals surface area contributed by atoms with Crippen molar-refractivity contribution < 1.29 is 32.7 Å². The van der Waals surface area contributed by atoms with E-state index in [4.69, 9.17) is 4.74 Å². The van der Waals surface area contributed by atoms with Crippen molar-refractivity contribution in [2.45, 2.75) is 6.18 Å². The maximum absolute atomic E-state index is 12.9. The number of ether oxygens (including phenoxy) is 1. The summed E-state index contributed by atoms with van der Waals surface area (Å²) in [6, 6.07) is 5.34. The number of hydrogen-bond acceptors (Lipinski definition) is 4. The SMILES string of the molecule is COc1ccc(C(F)(F)F)cc1-c1cc([N+](=O)[O-])ccc1C(=O)O. The Morgan fingerprint density at radius 1 is 1.17 bits per heavy atom. The number of rotatable bonds is 4. The molecule has 1 N–H and O–H groups in total. The molecule has 0 aliphatic rings. The fourth-order valence-electron chi connectivity index (χ4n) is 2.15. The topological polar surface area (TPSA) is 89.7 Å². The summed E-state index contributed by atoms with van der Waals surface area (Å²) in [6.45, 7) is 0. The fraction of sp³-hybridized carbons (Fsp3) is 0.133. The molecule has 0 fully saturated rings. The summed E-state index contributed by atoms with van der Waals surface area (Å²) >= 11 is 0. The molecule has 24 heavy (non-hydrogen) atoms. The number of methoxy groups -OCH3 is 1. The van der Waals surface area contributed by atoms with Crippen molar-refractivity contribution in [1.29, 1.82) is 0 Å². The van der Waals surface area contributed by atoms with Crippen molar-refractivity contribution in [2.24, 2.45) is 0 Å². The Kier molecular flexibility index (Phi) is 4.45. The third kappa shape index (κ3) is 3.29. The minimum atomic E-state index is -4.66. The molecule has 0 atom stereocenters. The normalized spacial score (nSPS) is 11.2. The highest BCUT2D eigenvalue weighted by Gasteiger charge is 2.32. The van der Waals surface area contributed by atoms with E-state index in [1.807, 2.05) is 0 Å². The Morgan fingerprint density at radius 3 is 2.33 bits per heavy atom. The van der Waals surface area contributed by atoms with Crippen LogP contribution in [0.25, 0.3) is 11.1 Å². The van der Waals surface area contributed by atoms with Crippen LogP contribution in [0.1, 0.15) is 15.9 Å². The van der Waals surface area contributed by atoms with Gasteiger partial charge < -0.3 is 9.84 Å². The number of nitro benzene ring substituents is 1. The van der Waals surface area contributed by atoms with Crippen LogP contribution in [0.4, 0.5) is 18.9 Å². The molecule has 0 saturated heterocycles. The van der Waals surface area contributed by atoms with E-state index in [0.29, 0.717) is 6.07 Å². The lowest BCUT2D eigenvalue weighted by atomic mass is 9.96. The van der Waals surface area contributed by atoms with Crippen LogP contribution in [-0.2, 0) is 6.18 Å². The first-order chi connectivity index (χ1) is 11.1. The van der Waals surface area contributed by atoms with Crippen molar-refractivity contribution in [1.82, 2.24) is 0 Å². The molecule has 0 saturated carbocycles. The molecule has 0 spiro atoms. The molecular weight excluding hydrogens is 331 g/mol. The Hall–Kier alpha value is -3.10. The van der Waals surface area contributed by atoms with Gasteiger partial charge in [0.05, 0.1) is 23.2 Å². The summed E-state index contributed by atoms with van der Waals surface area (Å²) in [5, 5.41) is 20.1. The van der Waals surface area contributed by atoms with Crippen molar-refractivity contribution in [3.63, 3.8) is 0 Å². The van der Waals surface area contributed by atoms with Crippen LogP contribution in [0, 0.1) is 10.1 Å². The van der Waals surface area contributed by atoms with Crippen LogP contribution < -0.4 is 4.74 Å². The van der Waals surface area contributed by atoms with Crippen LogP contribution >= 0.6 is 0 Å². The zero-order chi connectivity index (χ0) is 18.1. The number of non-ortho nitro benzene ring substituents is 1. The van der Waals surface area contributed by atoms with Gasteiger partial charge in [0.1, 0.15) is 5.75 Å². The van der Waals surface area contributed by atoms with Crippen LogP contribution in [0.5, 0.6) is 5.75 Å². The average Bonchev–Trinajstić information content (AvgIpc) is 2.52. The lowest BCUT2D eigenvalue weighted by molar-refractivity contribution is -0.384. The molecule has 6 nitrogen and oxygen atoms in total. The Morgan fingerprint density at radius 2 is 1.83 bits per heavy atom. The van der Waals surface area contributed by atoms with Crippen LogP contribution in [0.3, 0.4) is 0 Å². The molecule has 126 valence electrons. The molecule has 2 aromatic carbocycles. The van der Waals surface area contributed by atoms with E-state index in [-0.39, 0.29) is 22.4 Å². The van der Waals surface area contributed by atoms with Crippen molar-refractivity contribution in [3.8, 4) is 16.9 Å². The van der Waals surface area contributed by atoms with Gasteiger partial charge in [0.25, 0.3) is 5.69 Å². The Balaban J connectivity index is 2.80. The maximum atomic E-state index is 12.9. The predicted octanol–water partition coefficient (Wildman–Crippen LogP) is 3.99. The predicted molar refractivity (Wildman–Crippen MR) is 77.0 cm³/mol. The number of carbonyl (C=O) groups is 1. The summed E-state index contributed by atoms with van der Waals surface area (Å²) < 4.78 is 43.7. The first-order valence-corrected chi connectivity index (χ1v) is 6.42. The zero-order valence-electron chi connectivity index (χ0n) is 12.1. The van der Waals surface area contributed by atoms with Gasteiger partial charge in [-0.05, 0) is 24.3 Å². The van der Waals surface area contributed by atoms with Gasteiger partial charge >= 0.3 is 12.1 Å². The molecule has 2 rings (SSSR count). The first kappa shape index (κ1) is 17.3. The number of benzene rings is 2. The van der Waals surface area contributed by atoms with Gasteiger partial charge in [-0.1, -0.05) is 0 Å². The standard InChI is InChI=1S/C15H10F3NO5/c1-24-13-5-2-8(15(16,17)18)6-12(13)11-7-9(19(22)23)3-4-10(11)14(20)21/h2-7H,1H3,(H,20,21). The molecule has 2 aromatic rings. The highest BCUT2D eigenvalue weighted by Crippen LogP contribution is 2.39. The van der Waals surface area contributed by atoms with E-state index in [0.717, 1.165) is 30.3 Å². The van der Waals surface area contributed by atoms with E-state index in [1.165, 1.54) is 7.11 Å². The number of hydrogen-bond donors (Lipinski definition) is 1. The second-order valence-electron chi connectivity index (χ2n) is 4.70. The Bertz CT molecular complexity index is 817. The summed E-state index contributed by atoms with van der Waals surface area (Å²) in [6.07, 6.45) is -4.66. The van der Waals surface area contributed by atoms with Crippen LogP contribution in [0.2, 0.25) is 0 Å².